The van der Waals surface area contributed by atoms with Gasteiger partial charge in [0.25, 0.3) is 5.91 Å². The summed E-state index contributed by atoms with van der Waals surface area (Å²) >= 11 is 6.33. The zero-order valence-electron chi connectivity index (χ0n) is 14.0. The number of carbonyl (C=O) groups is 1. The predicted molar refractivity (Wildman–Crippen MR) is 97.0 cm³/mol. The van der Waals surface area contributed by atoms with Gasteiger partial charge >= 0.3 is 0 Å². The fourth-order valence-electron chi connectivity index (χ4n) is 2.55. The average Bonchev–Trinajstić information content (AvgIpc) is 2.83. The lowest BCUT2D eigenvalue weighted by molar-refractivity contribution is 0.0945. The molecule has 0 aliphatic heterocycles. The van der Waals surface area contributed by atoms with Crippen molar-refractivity contribution in [2.45, 2.75) is 13.3 Å². The predicted octanol–water partition coefficient (Wildman–Crippen LogP) is 2.23. The summed E-state index contributed by atoms with van der Waals surface area (Å²) in [4.78, 5) is 12.4. The van der Waals surface area contributed by atoms with Gasteiger partial charge in [-0.05, 0) is 19.4 Å². The van der Waals surface area contributed by atoms with Crippen LogP contribution in [0, 0.1) is 0 Å². The zero-order valence-corrected chi connectivity index (χ0v) is 15.6. The highest BCUT2D eigenvalue weighted by Gasteiger charge is 2.19. The van der Waals surface area contributed by atoms with E-state index in [9.17, 15) is 13.2 Å². The molecule has 0 atom stereocenters. The number of amides is 1. The van der Waals surface area contributed by atoms with E-state index >= 15 is 0 Å². The molecule has 0 saturated heterocycles. The lowest BCUT2D eigenvalue weighted by atomic mass is 10.2. The number of nitrogens with zero attached hydrogens (tertiary/aromatic N) is 2. The van der Waals surface area contributed by atoms with E-state index in [-0.39, 0.29) is 11.7 Å². The van der Waals surface area contributed by atoms with Gasteiger partial charge in [-0.1, -0.05) is 29.8 Å². The molecule has 1 aromatic heterocycles. The summed E-state index contributed by atoms with van der Waals surface area (Å²) in [6, 6.07) is 7.55. The molecule has 24 heavy (non-hydrogen) atoms. The van der Waals surface area contributed by atoms with E-state index in [1.54, 1.807) is 25.6 Å². The second kappa shape index (κ2) is 7.55. The van der Waals surface area contributed by atoms with Gasteiger partial charge in [-0.25, -0.2) is 12.7 Å². The summed E-state index contributed by atoms with van der Waals surface area (Å²) in [5, 5.41) is 4.06. The maximum Gasteiger partial charge on any atom is 0.269 e. The van der Waals surface area contributed by atoms with Crippen molar-refractivity contribution in [2.75, 3.05) is 25.9 Å². The van der Waals surface area contributed by atoms with E-state index < -0.39 is 10.0 Å². The molecule has 0 bridgehead atoms. The Morgan fingerprint density at radius 1 is 1.33 bits per heavy atom. The van der Waals surface area contributed by atoms with Crippen LogP contribution in [0.5, 0.6) is 0 Å². The van der Waals surface area contributed by atoms with Crippen molar-refractivity contribution >= 4 is 38.4 Å². The minimum atomic E-state index is -3.19. The Morgan fingerprint density at radius 2 is 2.00 bits per heavy atom. The van der Waals surface area contributed by atoms with Crippen molar-refractivity contribution < 1.29 is 13.2 Å². The summed E-state index contributed by atoms with van der Waals surface area (Å²) in [6.45, 7) is 2.34. The first-order chi connectivity index (χ1) is 11.3. The molecular formula is C16H22ClN3O3S. The minimum absolute atomic E-state index is 0.0708. The van der Waals surface area contributed by atoms with Crippen LogP contribution >= 0.6 is 11.6 Å². The Hall–Kier alpha value is -1.57. The van der Waals surface area contributed by atoms with Crippen LogP contribution in [-0.4, -0.2) is 49.1 Å². The van der Waals surface area contributed by atoms with Gasteiger partial charge in [0.15, 0.2) is 0 Å². The van der Waals surface area contributed by atoms with Gasteiger partial charge in [-0.2, -0.15) is 0 Å². The van der Waals surface area contributed by atoms with Crippen LogP contribution in [0.2, 0.25) is 5.02 Å². The zero-order chi connectivity index (χ0) is 17.9. The quantitative estimate of drug-likeness (QED) is 0.758. The normalized spacial score (nSPS) is 12.0. The number of para-hydroxylation sites is 1. The van der Waals surface area contributed by atoms with E-state index in [1.807, 2.05) is 24.3 Å². The van der Waals surface area contributed by atoms with Crippen LogP contribution in [0.3, 0.4) is 0 Å². The van der Waals surface area contributed by atoms with Crippen LogP contribution in [-0.2, 0) is 17.1 Å². The fourth-order valence-corrected chi connectivity index (χ4v) is 3.77. The molecule has 2 aromatic rings. The summed E-state index contributed by atoms with van der Waals surface area (Å²) in [5.74, 6) is -0.193. The first kappa shape index (κ1) is 18.8. The molecule has 0 fully saturated rings. The van der Waals surface area contributed by atoms with Gasteiger partial charge in [0.1, 0.15) is 5.69 Å². The number of hydrogen-bond donors (Lipinski definition) is 1. The molecule has 1 aromatic carbocycles. The highest BCUT2D eigenvalue weighted by molar-refractivity contribution is 7.89. The lowest BCUT2D eigenvalue weighted by Gasteiger charge is -2.15. The molecule has 2 rings (SSSR count). The Balaban J connectivity index is 1.99. The van der Waals surface area contributed by atoms with Crippen LogP contribution in [0.15, 0.2) is 24.3 Å². The Labute approximate surface area is 147 Å². The van der Waals surface area contributed by atoms with Gasteiger partial charge in [0.05, 0.1) is 10.8 Å². The maximum absolute atomic E-state index is 12.4. The van der Waals surface area contributed by atoms with E-state index in [1.165, 1.54) is 4.31 Å². The molecule has 1 heterocycles. The summed E-state index contributed by atoms with van der Waals surface area (Å²) < 4.78 is 26.4. The second-order valence-electron chi connectivity index (χ2n) is 5.57. The van der Waals surface area contributed by atoms with E-state index in [2.05, 4.69) is 5.32 Å². The number of sulfonamides is 1. The molecule has 0 aliphatic rings. The van der Waals surface area contributed by atoms with Crippen molar-refractivity contribution in [1.82, 2.24) is 14.2 Å². The van der Waals surface area contributed by atoms with Gasteiger partial charge in [-0.15, -0.1) is 0 Å². The molecule has 0 aliphatic carbocycles. The number of fused-ring (bicyclic) bond motifs is 1. The van der Waals surface area contributed by atoms with Crippen molar-refractivity contribution in [2.24, 2.45) is 7.05 Å². The number of hydrogen-bond acceptors (Lipinski definition) is 3. The number of rotatable bonds is 7. The van der Waals surface area contributed by atoms with Gasteiger partial charge in [0, 0.05) is 38.1 Å². The molecule has 0 saturated carbocycles. The van der Waals surface area contributed by atoms with E-state index in [0.717, 1.165) is 10.9 Å². The van der Waals surface area contributed by atoms with E-state index in [0.29, 0.717) is 30.2 Å². The van der Waals surface area contributed by atoms with Crippen LogP contribution in [0.25, 0.3) is 10.9 Å². The van der Waals surface area contributed by atoms with Crippen molar-refractivity contribution in [1.29, 1.82) is 0 Å². The highest BCUT2D eigenvalue weighted by Crippen LogP contribution is 2.29. The third-order valence-corrected chi connectivity index (χ3v) is 6.28. The van der Waals surface area contributed by atoms with Crippen LogP contribution < -0.4 is 5.32 Å². The first-order valence-electron chi connectivity index (χ1n) is 7.74. The highest BCUT2D eigenvalue weighted by atomic mass is 35.5. The molecule has 0 unspecified atom stereocenters. The SMILES string of the molecule is CCS(=O)(=O)N(C)CCCNC(=O)c1c(Cl)c2ccccc2n1C. The molecule has 8 heteroatoms. The minimum Gasteiger partial charge on any atom is -0.351 e. The summed E-state index contributed by atoms with van der Waals surface area (Å²) in [5.41, 5.74) is 1.30. The van der Waals surface area contributed by atoms with Gasteiger partial charge < -0.3 is 9.88 Å². The number of aryl methyl sites for hydroxylation is 1. The Kier molecular flexibility index (Phi) is 5.90. The van der Waals surface area contributed by atoms with E-state index in [4.69, 9.17) is 11.6 Å². The molecule has 0 spiro atoms. The van der Waals surface area contributed by atoms with Crippen molar-refractivity contribution in [3.63, 3.8) is 0 Å². The number of benzene rings is 1. The molecule has 132 valence electrons. The number of aromatic nitrogens is 1. The van der Waals surface area contributed by atoms with Crippen molar-refractivity contribution in [3.8, 4) is 0 Å². The Morgan fingerprint density at radius 3 is 2.62 bits per heavy atom. The molecular weight excluding hydrogens is 350 g/mol. The van der Waals surface area contributed by atoms with Crippen LogP contribution in [0.4, 0.5) is 0 Å². The summed E-state index contributed by atoms with van der Waals surface area (Å²) in [6.07, 6.45) is 0.531. The third-order valence-electron chi connectivity index (χ3n) is 4.04. The first-order valence-corrected chi connectivity index (χ1v) is 9.73. The van der Waals surface area contributed by atoms with Gasteiger partial charge in [-0.3, -0.25) is 4.79 Å². The number of halogens is 1. The van der Waals surface area contributed by atoms with Crippen molar-refractivity contribution in [3.05, 3.63) is 35.0 Å². The molecule has 6 nitrogen and oxygen atoms in total. The smallest absolute Gasteiger partial charge is 0.269 e. The third kappa shape index (κ3) is 3.74. The van der Waals surface area contributed by atoms with Gasteiger partial charge in [0.2, 0.25) is 10.0 Å². The van der Waals surface area contributed by atoms with Crippen LogP contribution in [0.1, 0.15) is 23.8 Å². The molecule has 1 N–H and O–H groups in total. The Bertz CT molecular complexity index is 807. The monoisotopic (exact) mass is 371 g/mol. The second-order valence-corrected chi connectivity index (χ2v) is 8.31. The largest absolute Gasteiger partial charge is 0.351 e. The average molecular weight is 372 g/mol. The number of nitrogens with one attached hydrogen (secondary N) is 1. The maximum atomic E-state index is 12.4. The topological polar surface area (TPSA) is 71.4 Å². The number of carbonyl (C=O) groups excluding carboxylic acids is 1. The fraction of sp³-hybridized carbons (Fsp3) is 0.438. The summed E-state index contributed by atoms with van der Waals surface area (Å²) in [7, 11) is 0.153. The standard InChI is InChI=1S/C16H22ClN3O3S/c1-4-24(22,23)19(2)11-7-10-18-16(21)15-14(17)12-8-5-6-9-13(12)20(15)3/h5-6,8-9H,4,7,10-11H2,1-3H3,(H,18,21). The molecule has 0 radical (unpaired) electrons. The molecule has 1 amide bonds. The lowest BCUT2D eigenvalue weighted by Crippen LogP contribution is -2.32.